The quantitative estimate of drug-likeness (QED) is 0.417. The topological polar surface area (TPSA) is 169 Å². The van der Waals surface area contributed by atoms with Crippen molar-refractivity contribution in [1.29, 1.82) is 0 Å². The molecule has 35 heavy (non-hydrogen) atoms. The summed E-state index contributed by atoms with van der Waals surface area (Å²) in [5, 5.41) is 11.7. The minimum Gasteiger partial charge on any atom is -0.465 e. The Morgan fingerprint density at radius 2 is 1.54 bits per heavy atom. The van der Waals surface area contributed by atoms with Gasteiger partial charge in [-0.25, -0.2) is 14.0 Å². The first-order valence-corrected chi connectivity index (χ1v) is 10.0. The highest BCUT2D eigenvalue weighted by Crippen LogP contribution is 2.39. The summed E-state index contributed by atoms with van der Waals surface area (Å²) in [6.07, 6.45) is -3.39. The molecule has 2 aromatic rings. The number of carboxylic acid groups (broad SMARTS) is 1. The highest BCUT2D eigenvalue weighted by molar-refractivity contribution is 6.11. The van der Waals surface area contributed by atoms with Crippen molar-refractivity contribution < 1.29 is 42.9 Å². The summed E-state index contributed by atoms with van der Waals surface area (Å²) in [4.78, 5) is 63.0. The molecule has 0 aliphatic carbocycles. The predicted octanol–water partition coefficient (Wildman–Crippen LogP) is 1.52. The lowest BCUT2D eigenvalue weighted by atomic mass is 9.82. The summed E-state index contributed by atoms with van der Waals surface area (Å²) >= 11 is 0. The molecule has 1 aliphatic rings. The Balaban J connectivity index is 2.30. The number of urea groups is 1. The summed E-state index contributed by atoms with van der Waals surface area (Å²) in [5.74, 6) is -3.56. The zero-order valence-corrected chi connectivity index (χ0v) is 18.8. The second-order valence-corrected chi connectivity index (χ2v) is 7.56. The number of likely N-dealkylation sites (N-methyl/N-ethyl adjacent to an activating group) is 1. The summed E-state index contributed by atoms with van der Waals surface area (Å²) in [7, 11) is 1.11. The van der Waals surface area contributed by atoms with Gasteiger partial charge < -0.3 is 25.6 Å². The fourth-order valence-electron chi connectivity index (χ4n) is 3.74. The number of esters is 2. The number of carbonyl (C=O) groups excluding carboxylic acids is 4. The van der Waals surface area contributed by atoms with Crippen LogP contribution in [0.4, 0.5) is 19.7 Å². The van der Waals surface area contributed by atoms with Crippen molar-refractivity contribution in [1.82, 2.24) is 10.2 Å². The molecule has 2 unspecified atom stereocenters. The fraction of sp³-hybridized carbons (Fsp3) is 0.227. The molecule has 4 N–H and O–H groups in total. The third-order valence-corrected chi connectivity index (χ3v) is 5.12. The van der Waals surface area contributed by atoms with E-state index in [9.17, 15) is 33.5 Å². The van der Waals surface area contributed by atoms with E-state index in [1.54, 1.807) is 0 Å². The second kappa shape index (κ2) is 9.38. The van der Waals surface area contributed by atoms with Crippen molar-refractivity contribution in [2.75, 3.05) is 11.9 Å². The normalized spacial score (nSPS) is 19.9. The lowest BCUT2D eigenvalue weighted by molar-refractivity contribution is -0.137. The van der Waals surface area contributed by atoms with Gasteiger partial charge in [-0.15, -0.1) is 0 Å². The van der Waals surface area contributed by atoms with Crippen LogP contribution in [0.1, 0.15) is 19.4 Å². The van der Waals surface area contributed by atoms with E-state index < -0.39 is 47.5 Å². The third-order valence-electron chi connectivity index (χ3n) is 5.12. The van der Waals surface area contributed by atoms with Gasteiger partial charge >= 0.3 is 24.1 Å². The van der Waals surface area contributed by atoms with Crippen LogP contribution in [-0.4, -0.2) is 53.2 Å². The van der Waals surface area contributed by atoms with Crippen LogP contribution in [0.25, 0.3) is 0 Å². The number of ether oxygens (including phenoxy) is 2. The minimum absolute atomic E-state index is 0.0659. The number of anilines is 1. The Morgan fingerprint density at radius 3 is 2.00 bits per heavy atom. The van der Waals surface area contributed by atoms with Crippen LogP contribution in [0.5, 0.6) is 11.5 Å². The molecule has 0 saturated carbocycles. The SMILES string of the molecule is CC(=O)Oc1cc(OC(C)=O)cc(C2(NC(=O)O)C(=O)N(C)C(=O)N(c3ccc(F)cc3)C2N)c1. The highest BCUT2D eigenvalue weighted by atomic mass is 19.1. The molecule has 1 heterocycles. The number of hydrogen-bond donors (Lipinski definition) is 3. The number of halogens is 1. The number of imide groups is 1. The smallest absolute Gasteiger partial charge is 0.405 e. The standard InChI is InChI=1S/C22H21FN4O8/c1-11(28)34-16-8-13(9-17(10-16)35-12(2)29)22(25-20(31)32)18(24)27(21(33)26(3)19(22)30)15-6-4-14(23)5-7-15/h4-10,18,25H,24H2,1-3H3,(H,31,32). The molecule has 1 fully saturated rings. The molecule has 3 rings (SSSR count). The molecular formula is C22H21FN4O8. The van der Waals surface area contributed by atoms with Gasteiger partial charge in [-0.1, -0.05) is 0 Å². The van der Waals surface area contributed by atoms with E-state index in [0.717, 1.165) is 50.1 Å². The molecule has 1 saturated heterocycles. The van der Waals surface area contributed by atoms with E-state index in [2.05, 4.69) is 5.32 Å². The van der Waals surface area contributed by atoms with Crippen molar-refractivity contribution in [3.8, 4) is 11.5 Å². The molecule has 12 nitrogen and oxygen atoms in total. The Bertz CT molecular complexity index is 1180. The number of nitrogens with two attached hydrogens (primary N) is 1. The second-order valence-electron chi connectivity index (χ2n) is 7.56. The van der Waals surface area contributed by atoms with Crippen LogP contribution in [0, 0.1) is 5.82 Å². The van der Waals surface area contributed by atoms with E-state index in [-0.39, 0.29) is 22.7 Å². The molecule has 184 valence electrons. The van der Waals surface area contributed by atoms with Crippen LogP contribution in [-0.2, 0) is 19.9 Å². The molecule has 13 heteroatoms. The van der Waals surface area contributed by atoms with Gasteiger partial charge in [0, 0.05) is 32.6 Å². The first kappa shape index (κ1) is 25.1. The van der Waals surface area contributed by atoms with Gasteiger partial charge in [0.15, 0.2) is 5.54 Å². The van der Waals surface area contributed by atoms with Crippen molar-refractivity contribution in [3.63, 3.8) is 0 Å². The maximum atomic E-state index is 13.5. The monoisotopic (exact) mass is 488 g/mol. The first-order chi connectivity index (χ1) is 16.4. The maximum Gasteiger partial charge on any atom is 0.405 e. The zero-order valence-electron chi connectivity index (χ0n) is 18.8. The lowest BCUT2D eigenvalue weighted by Crippen LogP contribution is -2.76. The Morgan fingerprint density at radius 1 is 1.03 bits per heavy atom. The third kappa shape index (κ3) is 4.75. The lowest BCUT2D eigenvalue weighted by Gasteiger charge is -2.49. The Kier molecular flexibility index (Phi) is 6.73. The van der Waals surface area contributed by atoms with Crippen molar-refractivity contribution >= 4 is 35.7 Å². The van der Waals surface area contributed by atoms with Crippen molar-refractivity contribution in [2.45, 2.75) is 25.6 Å². The maximum absolute atomic E-state index is 13.5. The van der Waals surface area contributed by atoms with Crippen LogP contribution >= 0.6 is 0 Å². The van der Waals surface area contributed by atoms with Gasteiger partial charge in [-0.2, -0.15) is 0 Å². The number of carbonyl (C=O) groups is 5. The number of nitrogens with zero attached hydrogens (tertiary/aromatic N) is 2. The summed E-state index contributed by atoms with van der Waals surface area (Å²) < 4.78 is 23.6. The summed E-state index contributed by atoms with van der Waals surface area (Å²) in [6.45, 7) is 2.20. The van der Waals surface area contributed by atoms with Gasteiger partial charge in [-0.3, -0.25) is 24.2 Å². The number of nitrogens with one attached hydrogen (secondary N) is 1. The van der Waals surface area contributed by atoms with Crippen molar-refractivity contribution in [3.05, 3.63) is 53.8 Å². The van der Waals surface area contributed by atoms with E-state index in [4.69, 9.17) is 15.2 Å². The molecule has 0 spiro atoms. The van der Waals surface area contributed by atoms with Gasteiger partial charge in [0.2, 0.25) is 0 Å². The predicted molar refractivity (Wildman–Crippen MR) is 117 cm³/mol. The summed E-state index contributed by atoms with van der Waals surface area (Å²) in [5.41, 5.74) is 3.88. The van der Waals surface area contributed by atoms with E-state index in [1.807, 2.05) is 0 Å². The average molecular weight is 488 g/mol. The first-order valence-electron chi connectivity index (χ1n) is 10.0. The number of amides is 4. The highest BCUT2D eigenvalue weighted by Gasteiger charge is 2.58. The van der Waals surface area contributed by atoms with Gasteiger partial charge in [-0.05, 0) is 42.0 Å². The van der Waals surface area contributed by atoms with Crippen molar-refractivity contribution in [2.24, 2.45) is 5.73 Å². The fourth-order valence-corrected chi connectivity index (χ4v) is 3.74. The van der Waals surface area contributed by atoms with E-state index in [0.29, 0.717) is 4.90 Å². The van der Waals surface area contributed by atoms with Gasteiger partial charge in [0.1, 0.15) is 23.5 Å². The number of rotatable bonds is 5. The Labute approximate surface area is 198 Å². The molecular weight excluding hydrogens is 467 g/mol. The summed E-state index contributed by atoms with van der Waals surface area (Å²) in [6, 6.07) is 7.11. The molecule has 4 amide bonds. The molecule has 0 radical (unpaired) electrons. The molecule has 0 aromatic heterocycles. The molecule has 2 aromatic carbocycles. The van der Waals surface area contributed by atoms with E-state index >= 15 is 0 Å². The average Bonchev–Trinajstić information content (AvgIpc) is 2.75. The number of benzene rings is 2. The van der Waals surface area contributed by atoms with Crippen LogP contribution in [0.15, 0.2) is 42.5 Å². The Hall–Kier alpha value is -4.52. The van der Waals surface area contributed by atoms with Gasteiger partial charge in [0.05, 0.1) is 0 Å². The molecule has 0 bridgehead atoms. The largest absolute Gasteiger partial charge is 0.465 e. The molecule has 2 atom stereocenters. The van der Waals surface area contributed by atoms with Gasteiger partial charge in [0.25, 0.3) is 5.91 Å². The van der Waals surface area contributed by atoms with E-state index in [1.165, 1.54) is 18.2 Å². The van der Waals surface area contributed by atoms with Crippen LogP contribution in [0.3, 0.4) is 0 Å². The molecule has 1 aliphatic heterocycles. The van der Waals surface area contributed by atoms with Crippen LogP contribution < -0.4 is 25.4 Å². The zero-order chi connectivity index (χ0) is 26.1. The number of hydrogen-bond acceptors (Lipinski definition) is 8. The minimum atomic E-state index is -2.37. The van der Waals surface area contributed by atoms with Crippen LogP contribution in [0.2, 0.25) is 0 Å².